The van der Waals surface area contributed by atoms with Gasteiger partial charge in [0.2, 0.25) is 5.95 Å². The van der Waals surface area contributed by atoms with Crippen LogP contribution in [0.2, 0.25) is 5.02 Å². The molecular formula is C26H27ClN8O2. The monoisotopic (exact) mass is 518 g/mol. The predicted molar refractivity (Wildman–Crippen MR) is 145 cm³/mol. The number of nitrogens with one attached hydrogen (secondary N) is 1. The number of halogens is 1. The van der Waals surface area contributed by atoms with Crippen LogP contribution in [0.25, 0.3) is 22.1 Å². The largest absolute Gasteiger partial charge is 0.456 e. The average molecular weight is 519 g/mol. The maximum absolute atomic E-state index is 10.0. The quantitative estimate of drug-likeness (QED) is 0.289. The number of anilines is 3. The molecule has 2 aromatic carbocycles. The highest BCUT2D eigenvalue weighted by Crippen LogP contribution is 2.34. The number of rotatable bonds is 8. The van der Waals surface area contributed by atoms with E-state index in [1.807, 2.05) is 47.8 Å². The van der Waals surface area contributed by atoms with Gasteiger partial charge in [0.05, 0.1) is 34.2 Å². The lowest BCUT2D eigenvalue weighted by molar-refractivity contribution is 0.0733. The third kappa shape index (κ3) is 5.55. The molecule has 0 unspecified atom stereocenters. The smallest absolute Gasteiger partial charge is 0.225 e. The Morgan fingerprint density at radius 1 is 1.08 bits per heavy atom. The molecule has 0 aliphatic rings. The van der Waals surface area contributed by atoms with Crippen LogP contribution in [0.1, 0.15) is 20.3 Å². The lowest BCUT2D eigenvalue weighted by Gasteiger charge is -2.23. The summed E-state index contributed by atoms with van der Waals surface area (Å²) in [6.45, 7) is 4.15. The Bertz CT molecular complexity index is 1580. The van der Waals surface area contributed by atoms with Crippen molar-refractivity contribution in [3.05, 3.63) is 60.3 Å². The molecule has 0 amide bonds. The van der Waals surface area contributed by atoms with Crippen molar-refractivity contribution in [1.29, 1.82) is 0 Å². The van der Waals surface area contributed by atoms with Crippen LogP contribution in [0.4, 0.5) is 17.5 Å². The summed E-state index contributed by atoms with van der Waals surface area (Å²) in [4.78, 5) is 24.0. The van der Waals surface area contributed by atoms with Crippen LogP contribution in [0.15, 0.2) is 55.2 Å². The summed E-state index contributed by atoms with van der Waals surface area (Å²) < 4.78 is 7.96. The SMILES string of the molecule is CN(CCC(C)(C)O)c1ncc2ncnc(Nc3ccc(Oc4ccc5c(c4)ncn5C)c(Cl)c3)c2n1. The molecule has 0 bridgehead atoms. The summed E-state index contributed by atoms with van der Waals surface area (Å²) in [5, 5.41) is 13.8. The van der Waals surface area contributed by atoms with Crippen molar-refractivity contribution in [2.24, 2.45) is 7.05 Å². The molecule has 5 rings (SSSR count). The van der Waals surface area contributed by atoms with Gasteiger partial charge in [-0.05, 0) is 50.6 Å². The maximum atomic E-state index is 10.0. The van der Waals surface area contributed by atoms with Gasteiger partial charge in [0.25, 0.3) is 0 Å². The summed E-state index contributed by atoms with van der Waals surface area (Å²) in [5.41, 5.74) is 2.98. The number of ether oxygens (including phenoxy) is 1. The molecule has 5 aromatic rings. The van der Waals surface area contributed by atoms with Gasteiger partial charge in [-0.1, -0.05) is 11.6 Å². The molecule has 0 saturated carbocycles. The van der Waals surface area contributed by atoms with E-state index in [1.165, 1.54) is 6.33 Å². The van der Waals surface area contributed by atoms with Gasteiger partial charge in [0, 0.05) is 32.4 Å². The van der Waals surface area contributed by atoms with Gasteiger partial charge in [-0.3, -0.25) is 0 Å². The van der Waals surface area contributed by atoms with Gasteiger partial charge in [-0.15, -0.1) is 0 Å². The van der Waals surface area contributed by atoms with Gasteiger partial charge in [0.15, 0.2) is 5.82 Å². The van der Waals surface area contributed by atoms with Gasteiger partial charge < -0.3 is 24.6 Å². The average Bonchev–Trinajstić information content (AvgIpc) is 3.23. The van der Waals surface area contributed by atoms with E-state index in [9.17, 15) is 5.11 Å². The highest BCUT2D eigenvalue weighted by molar-refractivity contribution is 6.32. The molecule has 0 atom stereocenters. The molecular weight excluding hydrogens is 492 g/mol. The Kier molecular flexibility index (Phi) is 6.53. The third-order valence-corrected chi connectivity index (χ3v) is 6.18. The number of hydrogen-bond acceptors (Lipinski definition) is 9. The van der Waals surface area contributed by atoms with E-state index in [-0.39, 0.29) is 0 Å². The van der Waals surface area contributed by atoms with E-state index < -0.39 is 5.60 Å². The first-order chi connectivity index (χ1) is 17.7. The Hall–Kier alpha value is -4.02. The fourth-order valence-electron chi connectivity index (χ4n) is 3.77. The van der Waals surface area contributed by atoms with Crippen LogP contribution in [0, 0.1) is 0 Å². The molecule has 0 spiro atoms. The minimum Gasteiger partial charge on any atom is -0.456 e. The van der Waals surface area contributed by atoms with Crippen molar-refractivity contribution in [2.75, 3.05) is 23.8 Å². The number of fused-ring (bicyclic) bond motifs is 2. The molecule has 0 aliphatic heterocycles. The summed E-state index contributed by atoms with van der Waals surface area (Å²) in [6, 6.07) is 11.1. The van der Waals surface area contributed by atoms with Crippen molar-refractivity contribution in [3.8, 4) is 11.5 Å². The Labute approximate surface area is 219 Å². The van der Waals surface area contributed by atoms with Crippen molar-refractivity contribution < 1.29 is 9.84 Å². The van der Waals surface area contributed by atoms with E-state index in [0.29, 0.717) is 58.0 Å². The molecule has 37 heavy (non-hydrogen) atoms. The zero-order valence-electron chi connectivity index (χ0n) is 21.0. The number of aliphatic hydroxyl groups is 1. The number of nitrogens with zero attached hydrogens (tertiary/aromatic N) is 7. The molecule has 0 radical (unpaired) electrons. The van der Waals surface area contributed by atoms with Crippen molar-refractivity contribution >= 4 is 51.1 Å². The van der Waals surface area contributed by atoms with Gasteiger partial charge in [0.1, 0.15) is 28.9 Å². The van der Waals surface area contributed by atoms with E-state index in [4.69, 9.17) is 16.3 Å². The number of aryl methyl sites for hydroxylation is 1. The number of imidazole rings is 1. The first kappa shape index (κ1) is 24.7. The lowest BCUT2D eigenvalue weighted by Crippen LogP contribution is -2.29. The van der Waals surface area contributed by atoms with Crippen molar-refractivity contribution in [2.45, 2.75) is 25.9 Å². The molecule has 10 nitrogen and oxygen atoms in total. The molecule has 0 aliphatic carbocycles. The Morgan fingerprint density at radius 3 is 2.70 bits per heavy atom. The van der Waals surface area contributed by atoms with Crippen molar-refractivity contribution in [3.63, 3.8) is 0 Å². The lowest BCUT2D eigenvalue weighted by atomic mass is 10.1. The summed E-state index contributed by atoms with van der Waals surface area (Å²) >= 11 is 6.55. The summed E-state index contributed by atoms with van der Waals surface area (Å²) in [7, 11) is 3.83. The third-order valence-electron chi connectivity index (χ3n) is 5.88. The van der Waals surface area contributed by atoms with E-state index in [1.54, 1.807) is 38.5 Å². The number of hydrogen-bond donors (Lipinski definition) is 2. The fourth-order valence-corrected chi connectivity index (χ4v) is 3.99. The first-order valence-corrected chi connectivity index (χ1v) is 12.1. The summed E-state index contributed by atoms with van der Waals surface area (Å²) in [6.07, 6.45) is 5.45. The van der Waals surface area contributed by atoms with Crippen LogP contribution in [0.3, 0.4) is 0 Å². The second-order valence-corrected chi connectivity index (χ2v) is 9.90. The standard InChI is InChI=1S/C26H27ClN8O2/c1-26(2,36)9-10-34(3)25-28-13-20-23(33-25)24(30-14-29-20)32-16-5-8-22(18(27)11-16)37-17-6-7-21-19(12-17)31-15-35(21)4/h5-8,11-15,36H,9-10H2,1-4H3,(H,29,30,32). The molecule has 3 aromatic heterocycles. The zero-order chi connectivity index (χ0) is 26.2. The molecule has 2 N–H and O–H groups in total. The normalized spacial score (nSPS) is 11.7. The van der Waals surface area contributed by atoms with Crippen LogP contribution < -0.4 is 15.0 Å². The Morgan fingerprint density at radius 2 is 1.92 bits per heavy atom. The van der Waals surface area contributed by atoms with E-state index in [2.05, 4.69) is 30.2 Å². The zero-order valence-corrected chi connectivity index (χ0v) is 21.7. The van der Waals surface area contributed by atoms with E-state index in [0.717, 1.165) is 11.0 Å². The van der Waals surface area contributed by atoms with Gasteiger partial charge in [-0.2, -0.15) is 0 Å². The highest BCUT2D eigenvalue weighted by atomic mass is 35.5. The second kappa shape index (κ2) is 9.79. The predicted octanol–water partition coefficient (Wildman–Crippen LogP) is 5.09. The van der Waals surface area contributed by atoms with Crippen LogP contribution in [-0.2, 0) is 7.05 Å². The van der Waals surface area contributed by atoms with Crippen LogP contribution in [-0.4, -0.2) is 53.8 Å². The second-order valence-electron chi connectivity index (χ2n) is 9.49. The van der Waals surface area contributed by atoms with Crippen LogP contribution in [0.5, 0.6) is 11.5 Å². The van der Waals surface area contributed by atoms with Gasteiger partial charge in [-0.25, -0.2) is 24.9 Å². The summed E-state index contributed by atoms with van der Waals surface area (Å²) in [5.74, 6) is 2.21. The maximum Gasteiger partial charge on any atom is 0.225 e. The molecule has 0 fully saturated rings. The fraction of sp³-hybridized carbons (Fsp3) is 0.269. The molecule has 190 valence electrons. The van der Waals surface area contributed by atoms with Gasteiger partial charge >= 0.3 is 0 Å². The van der Waals surface area contributed by atoms with Crippen molar-refractivity contribution in [1.82, 2.24) is 29.5 Å². The topological polar surface area (TPSA) is 114 Å². The van der Waals surface area contributed by atoms with E-state index >= 15 is 0 Å². The first-order valence-electron chi connectivity index (χ1n) is 11.7. The molecule has 0 saturated heterocycles. The minimum absolute atomic E-state index is 0.436. The highest BCUT2D eigenvalue weighted by Gasteiger charge is 2.16. The molecule has 3 heterocycles. The minimum atomic E-state index is -0.777. The number of benzene rings is 2. The van der Waals surface area contributed by atoms with Crippen LogP contribution >= 0.6 is 11.6 Å². The molecule has 11 heteroatoms. The Balaban J connectivity index is 1.36. The number of aromatic nitrogens is 6.